The van der Waals surface area contributed by atoms with Crippen molar-refractivity contribution in [2.45, 2.75) is 0 Å². The van der Waals surface area contributed by atoms with Crippen LogP contribution in [-0.2, 0) is 0 Å². The molecule has 14 heavy (non-hydrogen) atoms. The highest BCUT2D eigenvalue weighted by molar-refractivity contribution is 14.1. The fraction of sp³-hybridized carbons (Fsp3) is 0.0909. The van der Waals surface area contributed by atoms with Gasteiger partial charge in [-0.1, -0.05) is 12.1 Å². The normalized spacial score (nSPS) is 13.5. The lowest BCUT2D eigenvalue weighted by Gasteiger charge is -2.02. The van der Waals surface area contributed by atoms with E-state index in [-0.39, 0.29) is 0 Å². The molecule has 1 aliphatic heterocycles. The quantitative estimate of drug-likeness (QED) is 0.696. The monoisotopic (exact) mass is 298 g/mol. The standard InChI is InChI=1S/C11H7IO2/c12-9-3-1-2-7-4-10-11(5-8(7)9)14-6-13-10/h1-5H,6H2. The Hall–Kier alpha value is -0.970. The molecule has 2 nitrogen and oxygen atoms in total. The van der Waals surface area contributed by atoms with Crippen LogP contribution in [0.2, 0.25) is 0 Å². The van der Waals surface area contributed by atoms with Gasteiger partial charge in [0, 0.05) is 3.57 Å². The average molecular weight is 298 g/mol. The minimum Gasteiger partial charge on any atom is -0.454 e. The zero-order chi connectivity index (χ0) is 9.54. The summed E-state index contributed by atoms with van der Waals surface area (Å²) < 4.78 is 11.9. The SMILES string of the molecule is Ic1cccc2cc3c(cc12)OCO3. The zero-order valence-corrected chi connectivity index (χ0v) is 9.45. The molecule has 0 aliphatic carbocycles. The first-order valence-electron chi connectivity index (χ1n) is 4.32. The van der Waals surface area contributed by atoms with E-state index in [1.165, 1.54) is 14.3 Å². The van der Waals surface area contributed by atoms with Gasteiger partial charge in [0.25, 0.3) is 0 Å². The van der Waals surface area contributed by atoms with Gasteiger partial charge in [-0.3, -0.25) is 0 Å². The van der Waals surface area contributed by atoms with E-state index in [0.717, 1.165) is 11.5 Å². The van der Waals surface area contributed by atoms with Crippen molar-refractivity contribution in [2.75, 3.05) is 6.79 Å². The lowest BCUT2D eigenvalue weighted by Crippen LogP contribution is -1.92. The van der Waals surface area contributed by atoms with Crippen LogP contribution in [0, 0.1) is 3.57 Å². The molecule has 3 rings (SSSR count). The van der Waals surface area contributed by atoms with E-state index in [2.05, 4.69) is 34.7 Å². The predicted octanol–water partition coefficient (Wildman–Crippen LogP) is 3.17. The predicted molar refractivity (Wildman–Crippen MR) is 62.8 cm³/mol. The molecule has 0 radical (unpaired) electrons. The second-order valence-corrected chi connectivity index (χ2v) is 4.33. The maximum Gasteiger partial charge on any atom is 0.231 e. The Balaban J connectivity index is 2.39. The molecule has 3 heteroatoms. The van der Waals surface area contributed by atoms with Crippen LogP contribution < -0.4 is 9.47 Å². The zero-order valence-electron chi connectivity index (χ0n) is 7.29. The summed E-state index contributed by atoms with van der Waals surface area (Å²) in [6, 6.07) is 10.3. The molecule has 70 valence electrons. The molecule has 1 heterocycles. The Labute approximate surface area is 95.0 Å². The topological polar surface area (TPSA) is 18.5 Å². The molecule has 0 saturated heterocycles. The molecule has 0 unspecified atom stereocenters. The first-order chi connectivity index (χ1) is 6.84. The summed E-state index contributed by atoms with van der Waals surface area (Å²) >= 11 is 2.33. The second-order valence-electron chi connectivity index (χ2n) is 3.17. The van der Waals surface area contributed by atoms with E-state index in [1.54, 1.807) is 0 Å². The number of benzene rings is 2. The lowest BCUT2D eigenvalue weighted by molar-refractivity contribution is 0.174. The molecule has 0 spiro atoms. The number of halogens is 1. The molecular formula is C11H7IO2. The van der Waals surface area contributed by atoms with E-state index in [1.807, 2.05) is 18.2 Å². The maximum absolute atomic E-state index is 5.34. The first kappa shape index (κ1) is 8.35. The van der Waals surface area contributed by atoms with Gasteiger partial charge in [-0.05, 0) is 51.6 Å². The van der Waals surface area contributed by atoms with Gasteiger partial charge in [-0.2, -0.15) is 0 Å². The summed E-state index contributed by atoms with van der Waals surface area (Å²) in [5, 5.41) is 2.42. The highest BCUT2D eigenvalue weighted by atomic mass is 127. The van der Waals surface area contributed by atoms with Crippen molar-refractivity contribution in [1.29, 1.82) is 0 Å². The van der Waals surface area contributed by atoms with Crippen LogP contribution in [0.25, 0.3) is 10.8 Å². The van der Waals surface area contributed by atoms with Gasteiger partial charge in [-0.15, -0.1) is 0 Å². The van der Waals surface area contributed by atoms with Crippen molar-refractivity contribution >= 4 is 33.4 Å². The van der Waals surface area contributed by atoms with E-state index < -0.39 is 0 Å². The molecule has 0 atom stereocenters. The summed E-state index contributed by atoms with van der Waals surface area (Å²) in [6.45, 7) is 0.336. The molecule has 0 bridgehead atoms. The summed E-state index contributed by atoms with van der Waals surface area (Å²) in [5.41, 5.74) is 0. The summed E-state index contributed by atoms with van der Waals surface area (Å²) in [7, 11) is 0. The molecule has 1 aliphatic rings. The number of hydrogen-bond acceptors (Lipinski definition) is 2. The summed E-state index contributed by atoms with van der Waals surface area (Å²) in [5.74, 6) is 1.70. The molecule has 2 aromatic rings. The van der Waals surface area contributed by atoms with Crippen LogP contribution in [-0.4, -0.2) is 6.79 Å². The minimum atomic E-state index is 0.336. The molecule has 2 aromatic carbocycles. The van der Waals surface area contributed by atoms with Gasteiger partial charge in [0.1, 0.15) is 0 Å². The van der Waals surface area contributed by atoms with Crippen molar-refractivity contribution in [3.63, 3.8) is 0 Å². The van der Waals surface area contributed by atoms with Crippen LogP contribution in [0.4, 0.5) is 0 Å². The minimum absolute atomic E-state index is 0.336. The van der Waals surface area contributed by atoms with E-state index in [4.69, 9.17) is 9.47 Å². The lowest BCUT2D eigenvalue weighted by atomic mass is 10.1. The fourth-order valence-electron chi connectivity index (χ4n) is 1.63. The van der Waals surface area contributed by atoms with Gasteiger partial charge >= 0.3 is 0 Å². The Morgan fingerprint density at radius 3 is 2.71 bits per heavy atom. The Kier molecular flexibility index (Phi) is 1.80. The van der Waals surface area contributed by atoms with Gasteiger partial charge in [-0.25, -0.2) is 0 Å². The van der Waals surface area contributed by atoms with Crippen LogP contribution in [0.15, 0.2) is 30.3 Å². The van der Waals surface area contributed by atoms with Crippen molar-refractivity contribution in [3.05, 3.63) is 33.9 Å². The molecular weight excluding hydrogens is 291 g/mol. The average Bonchev–Trinajstić information content (AvgIpc) is 2.62. The third-order valence-electron chi connectivity index (χ3n) is 2.32. The van der Waals surface area contributed by atoms with Crippen LogP contribution >= 0.6 is 22.6 Å². The van der Waals surface area contributed by atoms with Crippen molar-refractivity contribution < 1.29 is 9.47 Å². The molecule has 0 N–H and O–H groups in total. The number of rotatable bonds is 0. The van der Waals surface area contributed by atoms with Crippen LogP contribution in [0.1, 0.15) is 0 Å². The fourth-order valence-corrected chi connectivity index (χ4v) is 2.30. The van der Waals surface area contributed by atoms with Gasteiger partial charge in [0.2, 0.25) is 6.79 Å². The third-order valence-corrected chi connectivity index (χ3v) is 3.26. The Morgan fingerprint density at radius 1 is 1.07 bits per heavy atom. The molecule has 0 aromatic heterocycles. The highest BCUT2D eigenvalue weighted by Gasteiger charge is 2.14. The van der Waals surface area contributed by atoms with Gasteiger partial charge < -0.3 is 9.47 Å². The molecule has 0 saturated carbocycles. The van der Waals surface area contributed by atoms with Crippen LogP contribution in [0.3, 0.4) is 0 Å². The third kappa shape index (κ3) is 1.15. The van der Waals surface area contributed by atoms with Crippen molar-refractivity contribution in [2.24, 2.45) is 0 Å². The van der Waals surface area contributed by atoms with Gasteiger partial charge in [0.15, 0.2) is 11.5 Å². The number of hydrogen-bond donors (Lipinski definition) is 0. The van der Waals surface area contributed by atoms with E-state index in [9.17, 15) is 0 Å². The first-order valence-corrected chi connectivity index (χ1v) is 5.40. The smallest absolute Gasteiger partial charge is 0.231 e. The summed E-state index contributed by atoms with van der Waals surface area (Å²) in [4.78, 5) is 0. The summed E-state index contributed by atoms with van der Waals surface area (Å²) in [6.07, 6.45) is 0. The van der Waals surface area contributed by atoms with E-state index in [0.29, 0.717) is 6.79 Å². The van der Waals surface area contributed by atoms with Crippen molar-refractivity contribution in [3.8, 4) is 11.5 Å². The molecule has 0 amide bonds. The maximum atomic E-state index is 5.34. The Bertz CT molecular complexity index is 508. The van der Waals surface area contributed by atoms with Crippen LogP contribution in [0.5, 0.6) is 11.5 Å². The largest absolute Gasteiger partial charge is 0.454 e. The van der Waals surface area contributed by atoms with E-state index >= 15 is 0 Å². The highest BCUT2D eigenvalue weighted by Crippen LogP contribution is 2.37. The Morgan fingerprint density at radius 2 is 1.86 bits per heavy atom. The number of fused-ring (bicyclic) bond motifs is 2. The van der Waals surface area contributed by atoms with Crippen molar-refractivity contribution in [1.82, 2.24) is 0 Å². The number of ether oxygens (including phenoxy) is 2. The molecule has 0 fully saturated rings. The second kappa shape index (κ2) is 3.02. The van der Waals surface area contributed by atoms with Gasteiger partial charge in [0.05, 0.1) is 0 Å².